The largest absolute Gasteiger partial charge is 0.505 e. The molecule has 194 valence electrons. The SMILES string of the molecule is CN(C)C1CCNc2c(O)c3c(c(F)c21)CC1CC2CC(=O)C(C(N)=O)CC2(OCO)C(=O)C1C3=O. The molecule has 4 aliphatic rings. The van der Waals surface area contributed by atoms with Crippen molar-refractivity contribution in [3.63, 3.8) is 0 Å². The summed E-state index contributed by atoms with van der Waals surface area (Å²) in [5.74, 6) is -7.49. The van der Waals surface area contributed by atoms with Crippen molar-refractivity contribution in [3.05, 3.63) is 22.5 Å². The number of carbonyl (C=O) groups is 4. The van der Waals surface area contributed by atoms with Gasteiger partial charge in [0.25, 0.3) is 0 Å². The van der Waals surface area contributed by atoms with Crippen LogP contribution in [0.25, 0.3) is 0 Å². The standard InChI is InChI=1S/C25H30FN3O7/c1-29(2)14-3-4-28-20-18(14)19(26)12-6-10-5-11-7-15(31)13(24(27)35)8-25(11,36-9-30)23(34)16(10)21(32)17(12)22(20)33/h10-11,13-14,16,28,30,33H,3-9H2,1-2H3,(H2,27,35). The normalized spacial score (nSPS) is 33.4. The van der Waals surface area contributed by atoms with Crippen molar-refractivity contribution in [2.45, 2.75) is 43.7 Å². The van der Waals surface area contributed by atoms with Crippen molar-refractivity contribution in [2.24, 2.45) is 29.4 Å². The number of ketones is 3. The number of Topliss-reactive ketones (excluding diaryl/α,β-unsaturated/α-hetero) is 3. The van der Waals surface area contributed by atoms with Gasteiger partial charge < -0.3 is 30.9 Å². The lowest BCUT2D eigenvalue weighted by atomic mass is 9.54. The molecule has 1 aliphatic heterocycles. The van der Waals surface area contributed by atoms with Crippen LogP contribution in [0.4, 0.5) is 10.1 Å². The molecule has 36 heavy (non-hydrogen) atoms. The van der Waals surface area contributed by atoms with Crippen LogP contribution in [0.1, 0.15) is 53.2 Å². The number of nitrogens with one attached hydrogen (secondary N) is 1. The number of phenols is 1. The van der Waals surface area contributed by atoms with E-state index in [1.165, 1.54) is 0 Å². The summed E-state index contributed by atoms with van der Waals surface area (Å²) >= 11 is 0. The van der Waals surface area contributed by atoms with Crippen LogP contribution in [-0.4, -0.2) is 71.4 Å². The average Bonchev–Trinajstić information content (AvgIpc) is 2.82. The summed E-state index contributed by atoms with van der Waals surface area (Å²) in [5, 5.41) is 23.8. The van der Waals surface area contributed by atoms with E-state index in [2.05, 4.69) is 5.32 Å². The highest BCUT2D eigenvalue weighted by Crippen LogP contribution is 2.54. The Balaban J connectivity index is 1.62. The molecule has 3 aliphatic carbocycles. The van der Waals surface area contributed by atoms with Crippen molar-refractivity contribution in [3.8, 4) is 5.75 Å². The number of amides is 1. The monoisotopic (exact) mass is 503 g/mol. The van der Waals surface area contributed by atoms with E-state index in [-0.39, 0.29) is 54.3 Å². The third-order valence-corrected chi connectivity index (χ3v) is 8.64. The van der Waals surface area contributed by atoms with E-state index in [0.717, 1.165) is 0 Å². The lowest BCUT2D eigenvalue weighted by molar-refractivity contribution is -0.197. The summed E-state index contributed by atoms with van der Waals surface area (Å²) in [6, 6.07) is -0.300. The maximum Gasteiger partial charge on any atom is 0.228 e. The molecule has 2 fully saturated rings. The summed E-state index contributed by atoms with van der Waals surface area (Å²) in [7, 11) is 3.63. The summed E-state index contributed by atoms with van der Waals surface area (Å²) in [6.07, 6.45) is 0.300. The van der Waals surface area contributed by atoms with Crippen molar-refractivity contribution in [1.29, 1.82) is 0 Å². The van der Waals surface area contributed by atoms with Crippen LogP contribution in [0, 0.1) is 29.5 Å². The van der Waals surface area contributed by atoms with Gasteiger partial charge in [-0.1, -0.05) is 0 Å². The highest BCUT2D eigenvalue weighted by molar-refractivity contribution is 6.18. The van der Waals surface area contributed by atoms with E-state index in [1.54, 1.807) is 0 Å². The van der Waals surface area contributed by atoms with Gasteiger partial charge in [-0.3, -0.25) is 19.2 Å². The molecule has 0 aromatic heterocycles. The lowest BCUT2D eigenvalue weighted by Gasteiger charge is -2.51. The van der Waals surface area contributed by atoms with Crippen molar-refractivity contribution in [1.82, 2.24) is 4.90 Å². The Morgan fingerprint density at radius 3 is 2.64 bits per heavy atom. The van der Waals surface area contributed by atoms with Crippen molar-refractivity contribution < 1.29 is 38.5 Å². The number of anilines is 1. The number of hydrogen-bond donors (Lipinski definition) is 4. The number of benzene rings is 1. The van der Waals surface area contributed by atoms with Crippen LogP contribution in [0.5, 0.6) is 5.75 Å². The van der Waals surface area contributed by atoms with Gasteiger partial charge in [-0.15, -0.1) is 0 Å². The number of nitrogens with zero attached hydrogens (tertiary/aromatic N) is 1. The van der Waals surface area contributed by atoms with Gasteiger partial charge in [0.2, 0.25) is 5.91 Å². The number of halogens is 1. The first-order chi connectivity index (χ1) is 17.0. The number of fused-ring (bicyclic) bond motifs is 4. The molecule has 10 nitrogen and oxygen atoms in total. The molecule has 6 atom stereocenters. The third kappa shape index (κ3) is 3.32. The van der Waals surface area contributed by atoms with E-state index in [0.29, 0.717) is 18.5 Å². The number of aliphatic hydroxyl groups is 1. The lowest BCUT2D eigenvalue weighted by Crippen LogP contribution is -2.64. The van der Waals surface area contributed by atoms with E-state index < -0.39 is 65.1 Å². The van der Waals surface area contributed by atoms with Gasteiger partial charge >= 0.3 is 0 Å². The van der Waals surface area contributed by atoms with Crippen LogP contribution in [0.3, 0.4) is 0 Å². The number of aromatic hydroxyl groups is 1. The number of hydrogen-bond acceptors (Lipinski definition) is 9. The fourth-order valence-electron chi connectivity index (χ4n) is 6.98. The molecule has 0 bridgehead atoms. The van der Waals surface area contributed by atoms with Crippen LogP contribution >= 0.6 is 0 Å². The number of aliphatic hydroxyl groups excluding tert-OH is 1. The molecule has 1 aromatic rings. The molecule has 0 radical (unpaired) electrons. The number of primary amides is 1. The molecule has 0 spiro atoms. The Morgan fingerprint density at radius 2 is 2.00 bits per heavy atom. The molecule has 1 heterocycles. The fraction of sp³-hybridized carbons (Fsp3) is 0.600. The molecule has 6 unspecified atom stereocenters. The fourth-order valence-corrected chi connectivity index (χ4v) is 6.98. The van der Waals surface area contributed by atoms with Gasteiger partial charge in [0.1, 0.15) is 29.7 Å². The number of nitrogens with two attached hydrogens (primary N) is 1. The zero-order chi connectivity index (χ0) is 26.1. The summed E-state index contributed by atoms with van der Waals surface area (Å²) < 4.78 is 21.5. The predicted molar refractivity (Wildman–Crippen MR) is 124 cm³/mol. The van der Waals surface area contributed by atoms with Gasteiger partial charge in [0.05, 0.1) is 23.1 Å². The first-order valence-corrected chi connectivity index (χ1v) is 12.2. The Bertz CT molecular complexity index is 1180. The van der Waals surface area contributed by atoms with Crippen LogP contribution in [-0.2, 0) is 25.5 Å². The van der Waals surface area contributed by atoms with E-state index in [1.807, 2.05) is 19.0 Å². The quantitative estimate of drug-likeness (QED) is 0.263. The third-order valence-electron chi connectivity index (χ3n) is 8.64. The highest BCUT2D eigenvalue weighted by Gasteiger charge is 2.63. The topological polar surface area (TPSA) is 159 Å². The van der Waals surface area contributed by atoms with Crippen LogP contribution in [0.2, 0.25) is 0 Å². The molecular formula is C25H30FN3O7. The number of carbonyl (C=O) groups excluding carboxylic acids is 4. The molecule has 1 amide bonds. The van der Waals surface area contributed by atoms with Gasteiger partial charge in [0, 0.05) is 42.5 Å². The molecule has 5 rings (SSSR count). The second-order valence-electron chi connectivity index (χ2n) is 10.6. The minimum Gasteiger partial charge on any atom is -0.505 e. The Morgan fingerprint density at radius 1 is 1.28 bits per heavy atom. The average molecular weight is 504 g/mol. The molecule has 11 heteroatoms. The number of rotatable bonds is 4. The first-order valence-electron chi connectivity index (χ1n) is 12.2. The zero-order valence-corrected chi connectivity index (χ0v) is 20.2. The molecule has 0 saturated heterocycles. The molecule has 5 N–H and O–H groups in total. The number of ether oxygens (including phenoxy) is 1. The van der Waals surface area contributed by atoms with E-state index in [4.69, 9.17) is 10.5 Å². The summed E-state index contributed by atoms with van der Waals surface area (Å²) in [6.45, 7) is -0.383. The van der Waals surface area contributed by atoms with Gasteiger partial charge in [-0.25, -0.2) is 4.39 Å². The van der Waals surface area contributed by atoms with Gasteiger partial charge in [0.15, 0.2) is 11.6 Å². The Hall–Kier alpha value is -2.89. The predicted octanol–water partition coefficient (Wildman–Crippen LogP) is 0.679. The Labute approximate surface area is 207 Å². The summed E-state index contributed by atoms with van der Waals surface area (Å²) in [4.78, 5) is 54.1. The summed E-state index contributed by atoms with van der Waals surface area (Å²) in [5.41, 5.74) is 3.96. The molecule has 2 saturated carbocycles. The minimum atomic E-state index is -1.74. The van der Waals surface area contributed by atoms with Crippen molar-refractivity contribution >= 4 is 28.9 Å². The second-order valence-corrected chi connectivity index (χ2v) is 10.6. The van der Waals surface area contributed by atoms with Gasteiger partial charge in [-0.05, 0) is 39.3 Å². The zero-order valence-electron chi connectivity index (χ0n) is 20.2. The Kier molecular flexibility index (Phi) is 5.92. The van der Waals surface area contributed by atoms with Gasteiger partial charge in [-0.2, -0.15) is 0 Å². The minimum absolute atomic E-state index is 0.0312. The maximum atomic E-state index is 16.0. The molecule has 1 aromatic carbocycles. The van der Waals surface area contributed by atoms with E-state index in [9.17, 15) is 29.4 Å². The van der Waals surface area contributed by atoms with E-state index >= 15 is 4.39 Å². The highest BCUT2D eigenvalue weighted by atomic mass is 19.1. The van der Waals surface area contributed by atoms with Crippen molar-refractivity contribution in [2.75, 3.05) is 32.7 Å². The first kappa shape index (κ1) is 24.8. The number of phenolic OH excluding ortho intramolecular Hbond substituents is 1. The smallest absolute Gasteiger partial charge is 0.228 e. The van der Waals surface area contributed by atoms with Crippen LogP contribution < -0.4 is 11.1 Å². The van der Waals surface area contributed by atoms with Crippen LogP contribution in [0.15, 0.2) is 0 Å². The molecular weight excluding hydrogens is 473 g/mol. The second kappa shape index (κ2) is 8.60. The maximum absolute atomic E-state index is 16.0.